The highest BCUT2D eigenvalue weighted by atomic mass is 35.5. The number of para-hydroxylation sites is 2. The minimum Gasteiger partial charge on any atom is -0.424 e. The van der Waals surface area contributed by atoms with Crippen molar-refractivity contribution in [1.29, 1.82) is 0 Å². The van der Waals surface area contributed by atoms with Crippen molar-refractivity contribution in [2.75, 3.05) is 0 Å². The van der Waals surface area contributed by atoms with E-state index < -0.39 is 17.9 Å². The van der Waals surface area contributed by atoms with Gasteiger partial charge in [0, 0.05) is 5.57 Å². The predicted molar refractivity (Wildman–Crippen MR) is 90.4 cm³/mol. The molecule has 4 nitrogen and oxygen atoms in total. The van der Waals surface area contributed by atoms with Crippen LogP contribution >= 0.6 is 23.2 Å². The van der Waals surface area contributed by atoms with Crippen molar-refractivity contribution >= 4 is 35.1 Å². The summed E-state index contributed by atoms with van der Waals surface area (Å²) in [7, 11) is 0. The van der Waals surface area contributed by atoms with Gasteiger partial charge >= 0.3 is 11.9 Å². The summed E-state index contributed by atoms with van der Waals surface area (Å²) in [6, 6.07) is 13.4. The number of hydrogen-bond acceptors (Lipinski definition) is 4. The number of benzene rings is 2. The largest absolute Gasteiger partial charge is 0.424 e. The van der Waals surface area contributed by atoms with Crippen LogP contribution in [-0.4, -0.2) is 11.9 Å². The van der Waals surface area contributed by atoms with Crippen molar-refractivity contribution in [2.24, 2.45) is 5.92 Å². The van der Waals surface area contributed by atoms with Crippen molar-refractivity contribution in [3.63, 3.8) is 0 Å². The summed E-state index contributed by atoms with van der Waals surface area (Å²) in [6.07, 6.45) is 1.78. The summed E-state index contributed by atoms with van der Waals surface area (Å²) in [4.78, 5) is 24.0. The molecule has 6 heteroatoms. The van der Waals surface area contributed by atoms with Crippen molar-refractivity contribution in [3.05, 3.63) is 70.2 Å². The molecule has 0 bridgehead atoms. The molecule has 2 aromatic carbocycles. The number of ether oxygens (including phenoxy) is 2. The molecule has 2 aromatic rings. The van der Waals surface area contributed by atoms with Gasteiger partial charge in [-0.1, -0.05) is 53.5 Å². The molecule has 0 saturated carbocycles. The van der Waals surface area contributed by atoms with Gasteiger partial charge in [-0.3, -0.25) is 4.79 Å². The monoisotopic (exact) mass is 362 g/mol. The van der Waals surface area contributed by atoms with E-state index in [2.05, 4.69) is 0 Å². The second-order valence-electron chi connectivity index (χ2n) is 5.17. The van der Waals surface area contributed by atoms with E-state index in [0.717, 1.165) is 0 Å². The molecule has 1 aliphatic carbocycles. The average Bonchev–Trinajstić information content (AvgIpc) is 2.50. The standard InChI is InChI=1S/C18H12Cl2O4/c19-13-5-1-3-7-15(13)23-17(21)11-9-12(10-11)18(22)24-16-8-4-2-6-14(16)20/h1-9,11H,10H2. The normalized spacial score (nSPS) is 15.9. The zero-order valence-corrected chi connectivity index (χ0v) is 13.9. The van der Waals surface area contributed by atoms with Gasteiger partial charge in [-0.15, -0.1) is 0 Å². The fraction of sp³-hybridized carbons (Fsp3) is 0.111. The van der Waals surface area contributed by atoms with Gasteiger partial charge < -0.3 is 9.47 Å². The van der Waals surface area contributed by atoms with Crippen molar-refractivity contribution in [1.82, 2.24) is 0 Å². The molecule has 0 fully saturated rings. The summed E-state index contributed by atoms with van der Waals surface area (Å²) in [5, 5.41) is 0.702. The first kappa shape index (κ1) is 16.6. The molecular formula is C18H12Cl2O4. The number of rotatable bonds is 4. The van der Waals surface area contributed by atoms with E-state index in [-0.39, 0.29) is 12.2 Å². The maximum absolute atomic E-state index is 12.0. The molecule has 1 unspecified atom stereocenters. The summed E-state index contributed by atoms with van der Waals surface area (Å²) in [5.41, 5.74) is 0.413. The Morgan fingerprint density at radius 3 is 1.92 bits per heavy atom. The molecule has 3 rings (SSSR count). The lowest BCUT2D eigenvalue weighted by molar-refractivity contribution is -0.138. The molecule has 1 aliphatic rings. The highest BCUT2D eigenvalue weighted by molar-refractivity contribution is 6.32. The SMILES string of the molecule is O=C(Oc1ccccc1Cl)C1=CC(C(=O)Oc2ccccc2Cl)C1. The van der Waals surface area contributed by atoms with E-state index in [1.807, 2.05) is 0 Å². The summed E-state index contributed by atoms with van der Waals surface area (Å²) >= 11 is 11.9. The molecule has 0 saturated heterocycles. The van der Waals surface area contributed by atoms with Crippen LogP contribution < -0.4 is 9.47 Å². The Bertz CT molecular complexity index is 829. The lowest BCUT2D eigenvalue weighted by atomic mass is 9.86. The second kappa shape index (κ2) is 7.07. The molecule has 24 heavy (non-hydrogen) atoms. The van der Waals surface area contributed by atoms with Crippen LogP contribution in [0.25, 0.3) is 0 Å². The lowest BCUT2D eigenvalue weighted by Gasteiger charge is -2.22. The first-order valence-electron chi connectivity index (χ1n) is 7.18. The number of halogens is 2. The van der Waals surface area contributed by atoms with Crippen LogP contribution in [0.2, 0.25) is 10.0 Å². The van der Waals surface area contributed by atoms with Crippen LogP contribution in [0.3, 0.4) is 0 Å². The maximum atomic E-state index is 12.0. The first-order chi connectivity index (χ1) is 11.5. The summed E-state index contributed by atoms with van der Waals surface area (Å²) < 4.78 is 10.4. The molecule has 1 atom stereocenters. The van der Waals surface area contributed by atoms with E-state index in [9.17, 15) is 9.59 Å². The molecule has 0 spiro atoms. The van der Waals surface area contributed by atoms with Gasteiger partial charge in [0.15, 0.2) is 0 Å². The third-order valence-corrected chi connectivity index (χ3v) is 4.12. The summed E-state index contributed by atoms with van der Waals surface area (Å²) in [5.74, 6) is -0.894. The van der Waals surface area contributed by atoms with Crippen LogP contribution in [0.5, 0.6) is 11.5 Å². The van der Waals surface area contributed by atoms with Crippen LogP contribution in [0, 0.1) is 5.92 Å². The highest BCUT2D eigenvalue weighted by Crippen LogP contribution is 2.32. The van der Waals surface area contributed by atoms with Gasteiger partial charge in [0.25, 0.3) is 0 Å². The highest BCUT2D eigenvalue weighted by Gasteiger charge is 2.33. The minimum absolute atomic E-state index is 0.257. The quantitative estimate of drug-likeness (QED) is 0.595. The Morgan fingerprint density at radius 1 is 0.875 bits per heavy atom. The number of carbonyl (C=O) groups excluding carboxylic acids is 2. The number of carbonyl (C=O) groups is 2. The number of hydrogen-bond donors (Lipinski definition) is 0. The van der Waals surface area contributed by atoms with Crippen molar-refractivity contribution < 1.29 is 19.1 Å². The molecular weight excluding hydrogens is 351 g/mol. The molecule has 0 amide bonds. The van der Waals surface area contributed by atoms with Crippen LogP contribution in [0.15, 0.2) is 60.2 Å². The van der Waals surface area contributed by atoms with Crippen molar-refractivity contribution in [3.8, 4) is 11.5 Å². The van der Waals surface area contributed by atoms with Gasteiger partial charge in [0.2, 0.25) is 0 Å². The second-order valence-corrected chi connectivity index (χ2v) is 5.99. The van der Waals surface area contributed by atoms with Crippen LogP contribution in [0.4, 0.5) is 0 Å². The molecule has 0 N–H and O–H groups in total. The minimum atomic E-state index is -0.523. The average molecular weight is 363 g/mol. The smallest absolute Gasteiger partial charge is 0.339 e. The van der Waals surface area contributed by atoms with Crippen LogP contribution in [-0.2, 0) is 9.59 Å². The van der Waals surface area contributed by atoms with E-state index in [0.29, 0.717) is 21.4 Å². The van der Waals surface area contributed by atoms with Gasteiger partial charge in [0.05, 0.1) is 16.0 Å². The molecule has 0 radical (unpaired) electrons. The van der Waals surface area contributed by atoms with E-state index in [4.69, 9.17) is 32.7 Å². The van der Waals surface area contributed by atoms with Gasteiger partial charge in [-0.05, 0) is 30.7 Å². The predicted octanol–water partition coefficient (Wildman–Crippen LogP) is 4.45. The molecule has 0 heterocycles. The lowest BCUT2D eigenvalue weighted by Crippen LogP contribution is -2.29. The van der Waals surface area contributed by atoms with Crippen LogP contribution in [0.1, 0.15) is 6.42 Å². The zero-order valence-electron chi connectivity index (χ0n) is 12.4. The Kier molecular flexibility index (Phi) is 4.88. The topological polar surface area (TPSA) is 52.6 Å². The third-order valence-electron chi connectivity index (χ3n) is 3.49. The van der Waals surface area contributed by atoms with Gasteiger partial charge in [-0.25, -0.2) is 4.79 Å². The maximum Gasteiger partial charge on any atom is 0.339 e. The van der Waals surface area contributed by atoms with Gasteiger partial charge in [-0.2, -0.15) is 0 Å². The van der Waals surface area contributed by atoms with E-state index in [1.54, 1.807) is 48.5 Å². The van der Waals surface area contributed by atoms with Crippen molar-refractivity contribution in [2.45, 2.75) is 6.42 Å². The Hall–Kier alpha value is -2.30. The van der Waals surface area contributed by atoms with E-state index >= 15 is 0 Å². The number of esters is 2. The third kappa shape index (κ3) is 3.61. The fourth-order valence-electron chi connectivity index (χ4n) is 2.15. The Balaban J connectivity index is 1.60. The summed E-state index contributed by atoms with van der Waals surface area (Å²) in [6.45, 7) is 0. The fourth-order valence-corrected chi connectivity index (χ4v) is 2.50. The first-order valence-corrected chi connectivity index (χ1v) is 7.94. The molecule has 0 aliphatic heterocycles. The van der Waals surface area contributed by atoms with Gasteiger partial charge in [0.1, 0.15) is 11.5 Å². The molecule has 122 valence electrons. The molecule has 0 aromatic heterocycles. The zero-order chi connectivity index (χ0) is 17.1. The Morgan fingerprint density at radius 2 is 1.38 bits per heavy atom. The van der Waals surface area contributed by atoms with E-state index in [1.165, 1.54) is 6.08 Å². The Labute approximate surface area is 148 Å².